The standard InChI is InChI=1S/C15H21N3O/c1-3-13(16)9-12-5-4-6-15(10-12)19-11-14-7-8-18(2)17-14/h4-8,10,13H,3,9,11,16H2,1-2H3. The van der Waals surface area contributed by atoms with Gasteiger partial charge in [0.25, 0.3) is 0 Å². The zero-order chi connectivity index (χ0) is 13.7. The Balaban J connectivity index is 1.95. The number of nitrogens with zero attached hydrogens (tertiary/aromatic N) is 2. The Kier molecular flexibility index (Phi) is 4.58. The van der Waals surface area contributed by atoms with Gasteiger partial charge in [0.05, 0.1) is 5.69 Å². The molecule has 0 saturated heterocycles. The van der Waals surface area contributed by atoms with Crippen molar-refractivity contribution in [2.24, 2.45) is 12.8 Å². The van der Waals surface area contributed by atoms with Crippen molar-refractivity contribution in [3.63, 3.8) is 0 Å². The van der Waals surface area contributed by atoms with Gasteiger partial charge in [-0.25, -0.2) is 0 Å². The first-order valence-electron chi connectivity index (χ1n) is 6.63. The molecule has 0 saturated carbocycles. The molecule has 2 N–H and O–H groups in total. The van der Waals surface area contributed by atoms with Crippen LogP contribution in [0, 0.1) is 0 Å². The van der Waals surface area contributed by atoms with Crippen LogP contribution in [-0.2, 0) is 20.1 Å². The second-order valence-corrected chi connectivity index (χ2v) is 4.79. The summed E-state index contributed by atoms with van der Waals surface area (Å²) >= 11 is 0. The number of aromatic nitrogens is 2. The fourth-order valence-corrected chi connectivity index (χ4v) is 1.91. The van der Waals surface area contributed by atoms with E-state index in [1.165, 1.54) is 5.56 Å². The van der Waals surface area contributed by atoms with Crippen LogP contribution in [0.15, 0.2) is 36.5 Å². The van der Waals surface area contributed by atoms with E-state index in [4.69, 9.17) is 10.5 Å². The third-order valence-electron chi connectivity index (χ3n) is 3.08. The van der Waals surface area contributed by atoms with Gasteiger partial charge in [-0.2, -0.15) is 5.10 Å². The Morgan fingerprint density at radius 2 is 2.21 bits per heavy atom. The first kappa shape index (κ1) is 13.6. The highest BCUT2D eigenvalue weighted by Crippen LogP contribution is 2.16. The summed E-state index contributed by atoms with van der Waals surface area (Å²) in [5.74, 6) is 0.867. The number of rotatable bonds is 6. The monoisotopic (exact) mass is 259 g/mol. The predicted octanol–water partition coefficient (Wildman–Crippen LogP) is 2.28. The molecule has 0 aliphatic carbocycles. The number of ether oxygens (including phenoxy) is 1. The molecule has 1 aromatic heterocycles. The van der Waals surface area contributed by atoms with Gasteiger partial charge in [0.1, 0.15) is 12.4 Å². The third-order valence-corrected chi connectivity index (χ3v) is 3.08. The summed E-state index contributed by atoms with van der Waals surface area (Å²) in [6.07, 6.45) is 3.78. The lowest BCUT2D eigenvalue weighted by Crippen LogP contribution is -2.21. The smallest absolute Gasteiger partial charge is 0.132 e. The van der Waals surface area contributed by atoms with Crippen molar-refractivity contribution in [2.75, 3.05) is 0 Å². The lowest BCUT2D eigenvalue weighted by atomic mass is 10.0. The first-order chi connectivity index (χ1) is 9.17. The molecule has 1 heterocycles. The van der Waals surface area contributed by atoms with Crippen molar-refractivity contribution in [1.82, 2.24) is 9.78 Å². The van der Waals surface area contributed by atoms with E-state index < -0.39 is 0 Å². The second-order valence-electron chi connectivity index (χ2n) is 4.79. The Morgan fingerprint density at radius 3 is 2.89 bits per heavy atom. The van der Waals surface area contributed by atoms with Gasteiger partial charge in [-0.05, 0) is 36.6 Å². The summed E-state index contributed by atoms with van der Waals surface area (Å²) in [5.41, 5.74) is 8.11. The van der Waals surface area contributed by atoms with Crippen molar-refractivity contribution in [3.8, 4) is 5.75 Å². The molecule has 4 heteroatoms. The SMILES string of the molecule is CCC(N)Cc1cccc(OCc2ccn(C)n2)c1. The van der Waals surface area contributed by atoms with Crippen molar-refractivity contribution in [3.05, 3.63) is 47.8 Å². The number of nitrogens with two attached hydrogens (primary N) is 1. The average Bonchev–Trinajstić information content (AvgIpc) is 2.82. The van der Waals surface area contributed by atoms with Crippen molar-refractivity contribution >= 4 is 0 Å². The number of aryl methyl sites for hydroxylation is 1. The molecule has 0 amide bonds. The molecule has 2 rings (SSSR count). The molecule has 1 aromatic carbocycles. The molecule has 0 fully saturated rings. The zero-order valence-electron chi connectivity index (χ0n) is 11.5. The van der Waals surface area contributed by atoms with Gasteiger partial charge in [0, 0.05) is 19.3 Å². The van der Waals surface area contributed by atoms with Gasteiger partial charge in [-0.1, -0.05) is 19.1 Å². The molecule has 2 aromatic rings. The van der Waals surface area contributed by atoms with Crippen LogP contribution in [0.3, 0.4) is 0 Å². The lowest BCUT2D eigenvalue weighted by Gasteiger charge is -2.10. The zero-order valence-corrected chi connectivity index (χ0v) is 11.5. The highest BCUT2D eigenvalue weighted by Gasteiger charge is 2.04. The van der Waals surface area contributed by atoms with Crippen LogP contribution >= 0.6 is 0 Å². The molecule has 0 aliphatic rings. The maximum atomic E-state index is 5.97. The minimum atomic E-state index is 0.214. The van der Waals surface area contributed by atoms with Gasteiger partial charge in [-0.3, -0.25) is 4.68 Å². The van der Waals surface area contributed by atoms with Crippen LogP contribution < -0.4 is 10.5 Å². The Morgan fingerprint density at radius 1 is 1.37 bits per heavy atom. The molecule has 102 valence electrons. The fourth-order valence-electron chi connectivity index (χ4n) is 1.91. The van der Waals surface area contributed by atoms with Crippen LogP contribution in [0.4, 0.5) is 0 Å². The third kappa shape index (κ3) is 4.10. The summed E-state index contributed by atoms with van der Waals surface area (Å²) in [4.78, 5) is 0. The Hall–Kier alpha value is -1.81. The van der Waals surface area contributed by atoms with Gasteiger partial charge in [0.15, 0.2) is 0 Å². The number of hydrogen-bond donors (Lipinski definition) is 1. The van der Waals surface area contributed by atoms with Crippen LogP contribution in [0.5, 0.6) is 5.75 Å². The van der Waals surface area contributed by atoms with E-state index in [0.29, 0.717) is 6.61 Å². The molecule has 0 bridgehead atoms. The van der Waals surface area contributed by atoms with E-state index in [2.05, 4.69) is 24.2 Å². The molecule has 0 radical (unpaired) electrons. The molecule has 4 nitrogen and oxygen atoms in total. The van der Waals surface area contributed by atoms with E-state index in [1.807, 2.05) is 31.4 Å². The van der Waals surface area contributed by atoms with Crippen LogP contribution in [0.25, 0.3) is 0 Å². The Bertz CT molecular complexity index is 522. The van der Waals surface area contributed by atoms with Gasteiger partial charge in [-0.15, -0.1) is 0 Å². The van der Waals surface area contributed by atoms with E-state index in [0.717, 1.165) is 24.3 Å². The fraction of sp³-hybridized carbons (Fsp3) is 0.400. The molecule has 1 unspecified atom stereocenters. The summed E-state index contributed by atoms with van der Waals surface area (Å²) in [5, 5.41) is 4.28. The van der Waals surface area contributed by atoms with Crippen molar-refractivity contribution in [1.29, 1.82) is 0 Å². The maximum Gasteiger partial charge on any atom is 0.132 e. The van der Waals surface area contributed by atoms with Crippen LogP contribution in [0.1, 0.15) is 24.6 Å². The molecule has 0 spiro atoms. The van der Waals surface area contributed by atoms with E-state index in [1.54, 1.807) is 4.68 Å². The Labute approximate surface area is 114 Å². The summed E-state index contributed by atoms with van der Waals surface area (Å²) in [7, 11) is 1.90. The van der Waals surface area contributed by atoms with Crippen molar-refractivity contribution in [2.45, 2.75) is 32.4 Å². The molecule has 19 heavy (non-hydrogen) atoms. The summed E-state index contributed by atoms with van der Waals surface area (Å²) < 4.78 is 7.52. The van der Waals surface area contributed by atoms with E-state index in [-0.39, 0.29) is 6.04 Å². The average molecular weight is 259 g/mol. The quantitative estimate of drug-likeness (QED) is 0.866. The van der Waals surface area contributed by atoms with Crippen LogP contribution in [0.2, 0.25) is 0 Å². The molecule has 0 aliphatic heterocycles. The summed E-state index contributed by atoms with van der Waals surface area (Å²) in [6.45, 7) is 2.59. The molecular formula is C15H21N3O. The topological polar surface area (TPSA) is 53.1 Å². The normalized spacial score (nSPS) is 12.4. The van der Waals surface area contributed by atoms with Gasteiger partial charge in [0.2, 0.25) is 0 Å². The predicted molar refractivity (Wildman–Crippen MR) is 76.0 cm³/mol. The van der Waals surface area contributed by atoms with Crippen molar-refractivity contribution < 1.29 is 4.74 Å². The highest BCUT2D eigenvalue weighted by molar-refractivity contribution is 5.29. The maximum absolute atomic E-state index is 5.97. The van der Waals surface area contributed by atoms with E-state index in [9.17, 15) is 0 Å². The number of benzene rings is 1. The summed E-state index contributed by atoms with van der Waals surface area (Å²) in [6, 6.07) is 10.3. The minimum Gasteiger partial charge on any atom is -0.487 e. The molecule has 1 atom stereocenters. The largest absolute Gasteiger partial charge is 0.487 e. The van der Waals surface area contributed by atoms with E-state index >= 15 is 0 Å². The minimum absolute atomic E-state index is 0.214. The second kappa shape index (κ2) is 6.38. The van der Waals surface area contributed by atoms with Gasteiger partial charge >= 0.3 is 0 Å². The lowest BCUT2D eigenvalue weighted by molar-refractivity contribution is 0.299. The number of hydrogen-bond acceptors (Lipinski definition) is 3. The van der Waals surface area contributed by atoms with Gasteiger partial charge < -0.3 is 10.5 Å². The van der Waals surface area contributed by atoms with Crippen LogP contribution in [-0.4, -0.2) is 15.8 Å². The highest BCUT2D eigenvalue weighted by atomic mass is 16.5. The first-order valence-corrected chi connectivity index (χ1v) is 6.63. The molecular weight excluding hydrogens is 238 g/mol.